The van der Waals surface area contributed by atoms with Crippen LogP contribution < -0.4 is 4.74 Å². The van der Waals surface area contributed by atoms with Gasteiger partial charge < -0.3 is 9.47 Å². The van der Waals surface area contributed by atoms with Crippen LogP contribution in [0.2, 0.25) is 5.02 Å². The van der Waals surface area contributed by atoms with E-state index in [1.165, 1.54) is 0 Å². The maximum absolute atomic E-state index is 11.4. The van der Waals surface area contributed by atoms with E-state index in [2.05, 4.69) is 0 Å². The number of carbonyl (C=O) groups excluding carboxylic acids is 1. The van der Waals surface area contributed by atoms with E-state index < -0.39 is 22.9 Å². The van der Waals surface area contributed by atoms with Gasteiger partial charge in [-0.1, -0.05) is 11.6 Å². The molecular formula is C13H14ClNO5. The summed E-state index contributed by atoms with van der Waals surface area (Å²) >= 11 is 5.74. The molecule has 2 rings (SSSR count). The minimum atomic E-state index is -0.757. The van der Waals surface area contributed by atoms with Crippen LogP contribution in [-0.2, 0) is 9.53 Å². The number of benzene rings is 1. The standard InChI is InChI=1S/C13H14ClNO5/c14-9-2-4-10(5-3-9)19-6-1-7-20-13(16)11-8-12(11)15(17)18/h2-5,11-12H,1,6-8H2. The molecule has 7 heteroatoms. The van der Waals surface area contributed by atoms with Crippen molar-refractivity contribution in [3.8, 4) is 5.75 Å². The van der Waals surface area contributed by atoms with Gasteiger partial charge in [0, 0.05) is 22.8 Å². The van der Waals surface area contributed by atoms with Crippen molar-refractivity contribution in [2.24, 2.45) is 5.92 Å². The zero-order valence-corrected chi connectivity index (χ0v) is 11.4. The molecule has 0 amide bonds. The molecule has 0 radical (unpaired) electrons. The first-order chi connectivity index (χ1) is 9.58. The van der Waals surface area contributed by atoms with Gasteiger partial charge in [0.25, 0.3) is 0 Å². The Balaban J connectivity index is 1.57. The van der Waals surface area contributed by atoms with Gasteiger partial charge in [0.2, 0.25) is 6.04 Å². The first-order valence-corrected chi connectivity index (χ1v) is 6.64. The van der Waals surface area contributed by atoms with E-state index in [0.29, 0.717) is 23.8 Å². The molecule has 1 fully saturated rings. The SMILES string of the molecule is O=C(OCCCOc1ccc(Cl)cc1)C1CC1[N+](=O)[O-]. The van der Waals surface area contributed by atoms with Crippen LogP contribution in [0.5, 0.6) is 5.75 Å². The summed E-state index contributed by atoms with van der Waals surface area (Å²) in [6.45, 7) is 0.603. The topological polar surface area (TPSA) is 78.7 Å². The Hall–Kier alpha value is -1.82. The largest absolute Gasteiger partial charge is 0.493 e. The normalized spacial score (nSPS) is 20.2. The minimum Gasteiger partial charge on any atom is -0.493 e. The number of esters is 1. The number of ether oxygens (including phenoxy) is 2. The van der Waals surface area contributed by atoms with Crippen LogP contribution in [-0.4, -0.2) is 30.1 Å². The number of hydrogen-bond acceptors (Lipinski definition) is 5. The molecule has 1 aromatic rings. The Kier molecular flexibility index (Phi) is 4.79. The highest BCUT2D eigenvalue weighted by molar-refractivity contribution is 6.30. The second kappa shape index (κ2) is 6.56. The second-order valence-corrected chi connectivity index (χ2v) is 4.95. The van der Waals surface area contributed by atoms with Crippen molar-refractivity contribution >= 4 is 17.6 Å². The van der Waals surface area contributed by atoms with E-state index >= 15 is 0 Å². The Labute approximate surface area is 120 Å². The predicted molar refractivity (Wildman–Crippen MR) is 71.4 cm³/mol. The minimum absolute atomic E-state index is 0.202. The van der Waals surface area contributed by atoms with E-state index in [4.69, 9.17) is 21.1 Å². The van der Waals surface area contributed by atoms with Gasteiger partial charge in [-0.15, -0.1) is 0 Å². The van der Waals surface area contributed by atoms with E-state index in [0.717, 1.165) is 0 Å². The average molecular weight is 300 g/mol. The van der Waals surface area contributed by atoms with Gasteiger partial charge in [0.15, 0.2) is 0 Å². The third kappa shape index (κ3) is 4.09. The lowest BCUT2D eigenvalue weighted by molar-refractivity contribution is -0.497. The molecule has 6 nitrogen and oxygen atoms in total. The highest BCUT2D eigenvalue weighted by Gasteiger charge is 2.54. The number of halogens is 1. The first kappa shape index (κ1) is 14.6. The van der Waals surface area contributed by atoms with Gasteiger partial charge >= 0.3 is 5.97 Å². The summed E-state index contributed by atoms with van der Waals surface area (Å²) in [5, 5.41) is 11.0. The van der Waals surface area contributed by atoms with Gasteiger partial charge in [-0.2, -0.15) is 0 Å². The summed E-state index contributed by atoms with van der Waals surface area (Å²) in [5.41, 5.74) is 0. The van der Waals surface area contributed by atoms with Crippen molar-refractivity contribution in [2.45, 2.75) is 18.9 Å². The number of rotatable bonds is 7. The third-order valence-electron chi connectivity index (χ3n) is 2.95. The van der Waals surface area contributed by atoms with Crippen LogP contribution in [0.3, 0.4) is 0 Å². The number of hydrogen-bond donors (Lipinski definition) is 0. The summed E-state index contributed by atoms with van der Waals surface area (Å²) in [4.78, 5) is 21.4. The summed E-state index contributed by atoms with van der Waals surface area (Å²) in [7, 11) is 0. The van der Waals surface area contributed by atoms with Crippen LogP contribution in [0.15, 0.2) is 24.3 Å². The van der Waals surface area contributed by atoms with Crippen molar-refractivity contribution in [1.82, 2.24) is 0 Å². The molecule has 0 saturated heterocycles. The number of nitrogens with zero attached hydrogens (tertiary/aromatic N) is 1. The monoisotopic (exact) mass is 299 g/mol. The lowest BCUT2D eigenvalue weighted by Crippen LogP contribution is -2.15. The maximum Gasteiger partial charge on any atom is 0.316 e. The molecule has 0 aliphatic heterocycles. The summed E-state index contributed by atoms with van der Waals surface area (Å²) in [6, 6.07) is 6.19. The maximum atomic E-state index is 11.4. The molecule has 0 aromatic heterocycles. The van der Waals surface area contributed by atoms with Crippen molar-refractivity contribution < 1.29 is 19.2 Å². The smallest absolute Gasteiger partial charge is 0.316 e. The van der Waals surface area contributed by atoms with Crippen LogP contribution in [0, 0.1) is 16.0 Å². The van der Waals surface area contributed by atoms with Gasteiger partial charge in [-0.3, -0.25) is 14.9 Å². The van der Waals surface area contributed by atoms with Crippen molar-refractivity contribution in [3.05, 3.63) is 39.4 Å². The van der Waals surface area contributed by atoms with Gasteiger partial charge in [0.05, 0.1) is 13.2 Å². The molecule has 1 aliphatic carbocycles. The highest BCUT2D eigenvalue weighted by Crippen LogP contribution is 2.34. The van der Waals surface area contributed by atoms with Crippen molar-refractivity contribution in [3.63, 3.8) is 0 Å². The van der Waals surface area contributed by atoms with Gasteiger partial charge in [-0.05, 0) is 24.3 Å². The first-order valence-electron chi connectivity index (χ1n) is 6.26. The van der Waals surface area contributed by atoms with Crippen LogP contribution >= 0.6 is 11.6 Å². The molecule has 0 heterocycles. The fraction of sp³-hybridized carbons (Fsp3) is 0.462. The Morgan fingerprint density at radius 1 is 1.35 bits per heavy atom. The molecule has 2 unspecified atom stereocenters. The lowest BCUT2D eigenvalue weighted by Gasteiger charge is -2.06. The van der Waals surface area contributed by atoms with Crippen LogP contribution in [0.1, 0.15) is 12.8 Å². The predicted octanol–water partition coefficient (Wildman–Crippen LogP) is 2.32. The van der Waals surface area contributed by atoms with E-state index in [1.54, 1.807) is 24.3 Å². The quantitative estimate of drug-likeness (QED) is 0.334. The van der Waals surface area contributed by atoms with E-state index in [1.807, 2.05) is 0 Å². The van der Waals surface area contributed by atoms with Gasteiger partial charge in [0.1, 0.15) is 11.7 Å². The highest BCUT2D eigenvalue weighted by atomic mass is 35.5. The Morgan fingerprint density at radius 2 is 2.05 bits per heavy atom. The summed E-state index contributed by atoms with van der Waals surface area (Å²) in [6.07, 6.45) is 0.817. The number of nitro groups is 1. The summed E-state index contributed by atoms with van der Waals surface area (Å²) in [5.74, 6) is -0.364. The summed E-state index contributed by atoms with van der Waals surface area (Å²) < 4.78 is 10.4. The van der Waals surface area contributed by atoms with Crippen molar-refractivity contribution in [1.29, 1.82) is 0 Å². The molecular weight excluding hydrogens is 286 g/mol. The average Bonchev–Trinajstić information content (AvgIpc) is 3.21. The van der Waals surface area contributed by atoms with Gasteiger partial charge in [-0.25, -0.2) is 0 Å². The van der Waals surface area contributed by atoms with Crippen LogP contribution in [0.4, 0.5) is 0 Å². The zero-order chi connectivity index (χ0) is 14.5. The molecule has 0 bridgehead atoms. The van der Waals surface area contributed by atoms with Crippen LogP contribution in [0.25, 0.3) is 0 Å². The zero-order valence-electron chi connectivity index (χ0n) is 10.7. The Bertz CT molecular complexity index is 490. The molecule has 0 spiro atoms. The molecule has 0 N–H and O–H groups in total. The molecule has 20 heavy (non-hydrogen) atoms. The molecule has 1 aromatic carbocycles. The fourth-order valence-corrected chi connectivity index (χ4v) is 1.85. The fourth-order valence-electron chi connectivity index (χ4n) is 1.73. The Morgan fingerprint density at radius 3 is 2.65 bits per heavy atom. The van der Waals surface area contributed by atoms with E-state index in [9.17, 15) is 14.9 Å². The number of carbonyl (C=O) groups is 1. The molecule has 1 aliphatic rings. The lowest BCUT2D eigenvalue weighted by atomic mass is 10.3. The second-order valence-electron chi connectivity index (χ2n) is 4.52. The molecule has 2 atom stereocenters. The molecule has 1 saturated carbocycles. The third-order valence-corrected chi connectivity index (χ3v) is 3.20. The van der Waals surface area contributed by atoms with Crippen molar-refractivity contribution in [2.75, 3.05) is 13.2 Å². The van der Waals surface area contributed by atoms with E-state index in [-0.39, 0.29) is 13.0 Å². The molecule has 108 valence electrons.